The molecule has 0 N–H and O–H groups in total. The molecule has 0 saturated carbocycles. The van der Waals surface area contributed by atoms with Crippen LogP contribution in [0.25, 0.3) is 0 Å². The molecule has 0 saturated heterocycles. The number of fused-ring (bicyclic) bond motifs is 1. The van der Waals surface area contributed by atoms with Gasteiger partial charge in [0.25, 0.3) is 5.91 Å². The maximum absolute atomic E-state index is 13.3. The van der Waals surface area contributed by atoms with Crippen molar-refractivity contribution in [2.45, 2.75) is 32.6 Å². The second-order valence-corrected chi connectivity index (χ2v) is 8.66. The highest BCUT2D eigenvalue weighted by Crippen LogP contribution is 2.30. The first-order valence-corrected chi connectivity index (χ1v) is 11.8. The summed E-state index contributed by atoms with van der Waals surface area (Å²) in [7, 11) is 1.81. The normalized spacial score (nSPS) is 12.9. The minimum atomic E-state index is 0.0449. The number of hydrogen-bond donors (Lipinski definition) is 0. The minimum Gasteiger partial charge on any atom is -0.494 e. The van der Waals surface area contributed by atoms with Gasteiger partial charge in [-0.15, -0.1) is 0 Å². The van der Waals surface area contributed by atoms with E-state index in [9.17, 15) is 9.59 Å². The Morgan fingerprint density at radius 3 is 2.74 bits per heavy atom. The van der Waals surface area contributed by atoms with Gasteiger partial charge in [0.1, 0.15) is 5.75 Å². The number of amides is 2. The summed E-state index contributed by atoms with van der Waals surface area (Å²) < 4.78 is 6.01. The Morgan fingerprint density at radius 2 is 1.94 bits per heavy atom. The van der Waals surface area contributed by atoms with E-state index in [2.05, 4.69) is 4.98 Å². The lowest BCUT2D eigenvalue weighted by Crippen LogP contribution is -2.35. The first-order valence-electron chi connectivity index (χ1n) is 11.8. The standard InChI is InChI=1S/C28H31N3O3/c1-21-7-3-4-9-25(21)28(33)31(17-14-22-8-5-15-29-20-22)16-6-18-34-24-11-12-26-23(19-24)10-13-27(32)30(26)2/h3-5,7-9,11-12,15,19-20H,6,10,13-14,16-18H2,1-2H3. The van der Waals surface area contributed by atoms with Gasteiger partial charge < -0.3 is 14.5 Å². The van der Waals surface area contributed by atoms with Gasteiger partial charge in [0.05, 0.1) is 6.61 Å². The highest BCUT2D eigenvalue weighted by Gasteiger charge is 2.21. The van der Waals surface area contributed by atoms with Gasteiger partial charge in [-0.05, 0) is 73.2 Å². The average Bonchev–Trinajstić information content (AvgIpc) is 2.86. The Morgan fingerprint density at radius 1 is 1.09 bits per heavy atom. The van der Waals surface area contributed by atoms with Crippen LogP contribution < -0.4 is 9.64 Å². The third-order valence-electron chi connectivity index (χ3n) is 6.29. The van der Waals surface area contributed by atoms with Crippen LogP contribution >= 0.6 is 0 Å². The number of rotatable bonds is 9. The van der Waals surface area contributed by atoms with Gasteiger partial charge in [0.2, 0.25) is 5.91 Å². The predicted molar refractivity (Wildman–Crippen MR) is 133 cm³/mol. The van der Waals surface area contributed by atoms with Crippen molar-refractivity contribution in [3.8, 4) is 5.75 Å². The molecule has 1 aliphatic rings. The van der Waals surface area contributed by atoms with Crippen LogP contribution in [0, 0.1) is 6.92 Å². The summed E-state index contributed by atoms with van der Waals surface area (Å²) in [6, 6.07) is 17.6. The maximum Gasteiger partial charge on any atom is 0.254 e. The monoisotopic (exact) mass is 457 g/mol. The molecule has 0 unspecified atom stereocenters. The second kappa shape index (κ2) is 11.0. The van der Waals surface area contributed by atoms with Crippen molar-refractivity contribution in [1.82, 2.24) is 9.88 Å². The van der Waals surface area contributed by atoms with Gasteiger partial charge >= 0.3 is 0 Å². The Bertz CT molecular complexity index is 1150. The topological polar surface area (TPSA) is 62.7 Å². The number of aryl methyl sites for hydroxylation is 2. The molecular formula is C28H31N3O3. The summed E-state index contributed by atoms with van der Waals surface area (Å²) in [4.78, 5) is 33.0. The molecule has 34 heavy (non-hydrogen) atoms. The summed E-state index contributed by atoms with van der Waals surface area (Å²) in [5, 5.41) is 0. The fraction of sp³-hybridized carbons (Fsp3) is 0.321. The van der Waals surface area contributed by atoms with Crippen LogP contribution in [0.4, 0.5) is 5.69 Å². The van der Waals surface area contributed by atoms with Gasteiger partial charge in [-0.2, -0.15) is 0 Å². The van der Waals surface area contributed by atoms with Crippen molar-refractivity contribution in [2.24, 2.45) is 0 Å². The fourth-order valence-corrected chi connectivity index (χ4v) is 4.28. The number of aromatic nitrogens is 1. The Balaban J connectivity index is 1.37. The highest BCUT2D eigenvalue weighted by molar-refractivity contribution is 5.96. The smallest absolute Gasteiger partial charge is 0.254 e. The lowest BCUT2D eigenvalue weighted by molar-refractivity contribution is -0.118. The largest absolute Gasteiger partial charge is 0.494 e. The molecule has 6 nitrogen and oxygen atoms in total. The van der Waals surface area contributed by atoms with Crippen LogP contribution in [0.5, 0.6) is 5.75 Å². The zero-order valence-corrected chi connectivity index (χ0v) is 19.9. The number of nitrogens with zero attached hydrogens (tertiary/aromatic N) is 3. The molecule has 0 fully saturated rings. The molecule has 0 atom stereocenters. The molecule has 2 heterocycles. The zero-order valence-electron chi connectivity index (χ0n) is 19.9. The highest BCUT2D eigenvalue weighted by atomic mass is 16.5. The minimum absolute atomic E-state index is 0.0449. The van der Waals surface area contributed by atoms with E-state index in [1.165, 1.54) is 0 Å². The molecule has 2 amide bonds. The van der Waals surface area contributed by atoms with Crippen LogP contribution in [0.1, 0.15) is 39.9 Å². The van der Waals surface area contributed by atoms with Crippen LogP contribution in [0.15, 0.2) is 67.0 Å². The number of hydrogen-bond acceptors (Lipinski definition) is 4. The molecule has 6 heteroatoms. The second-order valence-electron chi connectivity index (χ2n) is 8.66. The van der Waals surface area contributed by atoms with E-state index in [-0.39, 0.29) is 11.8 Å². The Hall–Kier alpha value is -3.67. The molecule has 1 aliphatic heterocycles. The van der Waals surface area contributed by atoms with Gasteiger partial charge in [0.15, 0.2) is 0 Å². The summed E-state index contributed by atoms with van der Waals surface area (Å²) in [6.45, 7) is 3.71. The molecular weight excluding hydrogens is 426 g/mol. The number of anilines is 1. The molecule has 4 rings (SSSR count). The number of benzene rings is 2. The predicted octanol–water partition coefficient (Wildman–Crippen LogP) is 4.45. The fourth-order valence-electron chi connectivity index (χ4n) is 4.28. The third kappa shape index (κ3) is 5.63. The molecule has 1 aromatic heterocycles. The van der Waals surface area contributed by atoms with E-state index in [0.717, 1.165) is 53.0 Å². The summed E-state index contributed by atoms with van der Waals surface area (Å²) in [5.41, 5.74) is 4.91. The molecule has 0 radical (unpaired) electrons. The average molecular weight is 458 g/mol. The van der Waals surface area contributed by atoms with Gasteiger partial charge in [0, 0.05) is 50.2 Å². The van der Waals surface area contributed by atoms with Crippen molar-refractivity contribution in [3.63, 3.8) is 0 Å². The van der Waals surface area contributed by atoms with E-state index >= 15 is 0 Å². The number of carbonyl (C=O) groups is 2. The molecule has 0 aliphatic carbocycles. The number of ether oxygens (including phenoxy) is 1. The quantitative estimate of drug-likeness (QED) is 0.445. The van der Waals surface area contributed by atoms with Gasteiger partial charge in [-0.1, -0.05) is 24.3 Å². The lowest BCUT2D eigenvalue weighted by atomic mass is 10.0. The summed E-state index contributed by atoms with van der Waals surface area (Å²) in [6.07, 6.45) is 6.35. The Kier molecular flexibility index (Phi) is 7.58. The summed E-state index contributed by atoms with van der Waals surface area (Å²) in [5.74, 6) is 0.989. The molecule has 0 bridgehead atoms. The van der Waals surface area contributed by atoms with Crippen molar-refractivity contribution < 1.29 is 14.3 Å². The van der Waals surface area contributed by atoms with Gasteiger partial charge in [-0.3, -0.25) is 14.6 Å². The van der Waals surface area contributed by atoms with E-state index in [0.29, 0.717) is 26.1 Å². The van der Waals surface area contributed by atoms with Crippen LogP contribution in [-0.4, -0.2) is 48.4 Å². The number of pyridine rings is 1. The van der Waals surface area contributed by atoms with Crippen LogP contribution in [0.3, 0.4) is 0 Å². The van der Waals surface area contributed by atoms with Crippen molar-refractivity contribution in [1.29, 1.82) is 0 Å². The first kappa shape index (κ1) is 23.5. The van der Waals surface area contributed by atoms with Gasteiger partial charge in [-0.25, -0.2) is 0 Å². The van der Waals surface area contributed by atoms with Crippen molar-refractivity contribution in [3.05, 3.63) is 89.2 Å². The summed E-state index contributed by atoms with van der Waals surface area (Å²) >= 11 is 0. The number of carbonyl (C=O) groups excluding carboxylic acids is 2. The van der Waals surface area contributed by atoms with Crippen LogP contribution in [-0.2, 0) is 17.6 Å². The molecule has 2 aromatic carbocycles. The first-order chi connectivity index (χ1) is 16.5. The van der Waals surface area contributed by atoms with Crippen LogP contribution in [0.2, 0.25) is 0 Å². The maximum atomic E-state index is 13.3. The van der Waals surface area contributed by atoms with E-state index in [1.807, 2.05) is 79.7 Å². The SMILES string of the molecule is Cc1ccccc1C(=O)N(CCCOc1ccc2c(c1)CCC(=O)N2C)CCc1cccnc1. The van der Waals surface area contributed by atoms with E-state index in [1.54, 1.807) is 11.1 Å². The zero-order chi connectivity index (χ0) is 23.9. The molecule has 176 valence electrons. The molecule has 0 spiro atoms. The lowest BCUT2D eigenvalue weighted by Gasteiger charge is -2.26. The van der Waals surface area contributed by atoms with E-state index < -0.39 is 0 Å². The van der Waals surface area contributed by atoms with E-state index in [4.69, 9.17) is 4.74 Å². The van der Waals surface area contributed by atoms with Crippen molar-refractivity contribution in [2.75, 3.05) is 31.6 Å². The van der Waals surface area contributed by atoms with Crippen molar-refractivity contribution >= 4 is 17.5 Å². The Labute approximate surface area is 201 Å². The third-order valence-corrected chi connectivity index (χ3v) is 6.29. The molecule has 3 aromatic rings.